The smallest absolute Gasteiger partial charge is 0.142 e. The van der Waals surface area contributed by atoms with E-state index in [2.05, 4.69) is 24.8 Å². The van der Waals surface area contributed by atoms with Crippen LogP contribution in [0.2, 0.25) is 0 Å². The van der Waals surface area contributed by atoms with Crippen molar-refractivity contribution in [2.45, 2.75) is 26.4 Å². The van der Waals surface area contributed by atoms with E-state index in [4.69, 9.17) is 15.7 Å². The molecular formula is C16H25N3O2. The number of aliphatic hydroxyl groups excluding tert-OH is 1. The van der Waals surface area contributed by atoms with E-state index in [1.165, 1.54) is 0 Å². The van der Waals surface area contributed by atoms with Crippen LogP contribution < -0.4 is 10.5 Å². The van der Waals surface area contributed by atoms with Crippen molar-refractivity contribution >= 4 is 5.69 Å². The van der Waals surface area contributed by atoms with E-state index in [9.17, 15) is 5.11 Å². The number of hydrogen-bond acceptors (Lipinski definition) is 5. The molecule has 3 N–H and O–H groups in total. The number of nitrogen functional groups attached to an aromatic ring is 1. The molecule has 0 aromatic heterocycles. The molecule has 0 radical (unpaired) electrons. The second-order valence-electron chi connectivity index (χ2n) is 5.56. The molecule has 0 aliphatic rings. The number of rotatable bonds is 9. The first-order valence-corrected chi connectivity index (χ1v) is 7.27. The summed E-state index contributed by atoms with van der Waals surface area (Å²) in [5.74, 6) is 1.07. The van der Waals surface area contributed by atoms with Gasteiger partial charge in [0.25, 0.3) is 0 Å². The van der Waals surface area contributed by atoms with Gasteiger partial charge in [-0.1, -0.05) is 26.0 Å². The van der Waals surface area contributed by atoms with Crippen LogP contribution in [-0.4, -0.2) is 42.4 Å². The van der Waals surface area contributed by atoms with E-state index in [-0.39, 0.29) is 6.61 Å². The third-order valence-corrected chi connectivity index (χ3v) is 2.98. The molecule has 0 aliphatic heterocycles. The van der Waals surface area contributed by atoms with E-state index >= 15 is 0 Å². The molecule has 0 fully saturated rings. The van der Waals surface area contributed by atoms with Crippen LogP contribution in [0.3, 0.4) is 0 Å². The van der Waals surface area contributed by atoms with Gasteiger partial charge < -0.3 is 15.6 Å². The molecule has 116 valence electrons. The zero-order valence-corrected chi connectivity index (χ0v) is 12.8. The van der Waals surface area contributed by atoms with Crippen LogP contribution in [0.5, 0.6) is 5.75 Å². The van der Waals surface area contributed by atoms with Gasteiger partial charge in [0, 0.05) is 26.1 Å². The van der Waals surface area contributed by atoms with Gasteiger partial charge in [0.15, 0.2) is 0 Å². The minimum Gasteiger partial charge on any atom is -0.489 e. The largest absolute Gasteiger partial charge is 0.489 e. The van der Waals surface area contributed by atoms with Gasteiger partial charge in [0.05, 0.1) is 11.8 Å². The Labute approximate surface area is 126 Å². The number of nitrogens with two attached hydrogens (primary N) is 1. The number of para-hydroxylation sites is 2. The first-order valence-electron chi connectivity index (χ1n) is 7.27. The molecule has 0 bridgehead atoms. The third-order valence-electron chi connectivity index (χ3n) is 2.98. The third kappa shape index (κ3) is 6.98. The van der Waals surface area contributed by atoms with E-state index in [1.54, 1.807) is 12.1 Å². The number of nitriles is 1. The summed E-state index contributed by atoms with van der Waals surface area (Å²) in [4.78, 5) is 2.09. The van der Waals surface area contributed by atoms with E-state index < -0.39 is 6.10 Å². The topological polar surface area (TPSA) is 82.5 Å². The standard InChI is InChI=1S/C16H25N3O2/c1-13(2)10-19(9-5-8-17)11-14(20)12-21-16-7-4-3-6-15(16)18/h3-4,6-7,13-14,20H,5,9-12,18H2,1-2H3. The molecule has 5 nitrogen and oxygen atoms in total. The maximum atomic E-state index is 10.1. The van der Waals surface area contributed by atoms with E-state index in [0.717, 1.165) is 6.54 Å². The van der Waals surface area contributed by atoms with Crippen molar-refractivity contribution in [1.82, 2.24) is 4.90 Å². The number of hydrogen-bond donors (Lipinski definition) is 2. The van der Waals surface area contributed by atoms with Crippen molar-refractivity contribution in [3.8, 4) is 11.8 Å². The molecule has 0 saturated heterocycles. The Bertz CT molecular complexity index is 457. The predicted molar refractivity (Wildman–Crippen MR) is 83.9 cm³/mol. The summed E-state index contributed by atoms with van der Waals surface area (Å²) in [6.45, 7) is 6.44. The summed E-state index contributed by atoms with van der Waals surface area (Å²) in [5.41, 5.74) is 6.35. The van der Waals surface area contributed by atoms with Crippen molar-refractivity contribution in [2.24, 2.45) is 5.92 Å². The molecule has 1 aromatic rings. The lowest BCUT2D eigenvalue weighted by Gasteiger charge is -2.26. The lowest BCUT2D eigenvalue weighted by molar-refractivity contribution is 0.0653. The van der Waals surface area contributed by atoms with Crippen LogP contribution >= 0.6 is 0 Å². The zero-order chi connectivity index (χ0) is 15.7. The summed E-state index contributed by atoms with van der Waals surface area (Å²) >= 11 is 0. The fourth-order valence-corrected chi connectivity index (χ4v) is 2.13. The van der Waals surface area contributed by atoms with Crippen LogP contribution in [0.4, 0.5) is 5.69 Å². The van der Waals surface area contributed by atoms with Gasteiger partial charge in [-0.2, -0.15) is 5.26 Å². The van der Waals surface area contributed by atoms with E-state index in [1.807, 2.05) is 12.1 Å². The Morgan fingerprint density at radius 1 is 1.33 bits per heavy atom. The molecule has 1 rings (SSSR count). The summed E-state index contributed by atoms with van der Waals surface area (Å²) in [5, 5.41) is 18.8. The fourth-order valence-electron chi connectivity index (χ4n) is 2.13. The minimum absolute atomic E-state index is 0.190. The van der Waals surface area contributed by atoms with Gasteiger partial charge in [0.1, 0.15) is 18.5 Å². The highest BCUT2D eigenvalue weighted by atomic mass is 16.5. The molecule has 0 amide bonds. The van der Waals surface area contributed by atoms with Crippen molar-refractivity contribution in [3.05, 3.63) is 24.3 Å². The summed E-state index contributed by atoms with van der Waals surface area (Å²) in [7, 11) is 0. The maximum absolute atomic E-state index is 10.1. The highest BCUT2D eigenvalue weighted by Crippen LogP contribution is 2.19. The maximum Gasteiger partial charge on any atom is 0.142 e. The van der Waals surface area contributed by atoms with Crippen LogP contribution in [0, 0.1) is 17.2 Å². The Hall–Kier alpha value is -1.77. The Morgan fingerprint density at radius 3 is 2.67 bits per heavy atom. The SMILES string of the molecule is CC(C)CN(CCC#N)CC(O)COc1ccccc1N. The molecule has 1 aromatic carbocycles. The minimum atomic E-state index is -0.609. The lowest BCUT2D eigenvalue weighted by Crippen LogP contribution is -2.38. The Morgan fingerprint density at radius 2 is 2.05 bits per heavy atom. The van der Waals surface area contributed by atoms with Gasteiger partial charge in [-0.15, -0.1) is 0 Å². The number of aliphatic hydroxyl groups is 1. The average molecular weight is 291 g/mol. The van der Waals surface area contributed by atoms with Gasteiger partial charge in [-0.25, -0.2) is 0 Å². The molecule has 0 heterocycles. The van der Waals surface area contributed by atoms with Gasteiger partial charge in [-0.05, 0) is 18.1 Å². The molecule has 0 aliphatic carbocycles. The predicted octanol–water partition coefficient (Wildman–Crippen LogP) is 1.88. The Kier molecular flexibility index (Phi) is 7.59. The van der Waals surface area contributed by atoms with Gasteiger partial charge >= 0.3 is 0 Å². The number of benzene rings is 1. The van der Waals surface area contributed by atoms with Gasteiger partial charge in [0.2, 0.25) is 0 Å². The van der Waals surface area contributed by atoms with Crippen molar-refractivity contribution in [3.63, 3.8) is 0 Å². The monoisotopic (exact) mass is 291 g/mol. The van der Waals surface area contributed by atoms with Gasteiger partial charge in [-0.3, -0.25) is 4.90 Å². The van der Waals surface area contributed by atoms with Crippen LogP contribution in [0.1, 0.15) is 20.3 Å². The van der Waals surface area contributed by atoms with Crippen LogP contribution in [0.25, 0.3) is 0 Å². The molecule has 1 unspecified atom stereocenters. The van der Waals surface area contributed by atoms with Crippen LogP contribution in [-0.2, 0) is 0 Å². The summed E-state index contributed by atoms with van der Waals surface area (Å²) < 4.78 is 5.54. The average Bonchev–Trinajstić information content (AvgIpc) is 2.43. The Balaban J connectivity index is 2.44. The molecule has 0 spiro atoms. The molecule has 0 saturated carbocycles. The first kappa shape index (κ1) is 17.3. The highest BCUT2D eigenvalue weighted by Gasteiger charge is 2.14. The molecule has 1 atom stereocenters. The lowest BCUT2D eigenvalue weighted by atomic mass is 10.2. The number of ether oxygens (including phenoxy) is 1. The molecule has 21 heavy (non-hydrogen) atoms. The summed E-state index contributed by atoms with van der Waals surface area (Å²) in [6.07, 6.45) is -0.145. The quantitative estimate of drug-likeness (QED) is 0.679. The number of nitrogens with zero attached hydrogens (tertiary/aromatic N) is 2. The van der Waals surface area contributed by atoms with Crippen LogP contribution in [0.15, 0.2) is 24.3 Å². The summed E-state index contributed by atoms with van der Waals surface area (Å²) in [6, 6.07) is 9.37. The fraction of sp³-hybridized carbons (Fsp3) is 0.562. The first-order chi connectivity index (χ1) is 10.0. The van der Waals surface area contributed by atoms with Crippen molar-refractivity contribution in [2.75, 3.05) is 32.0 Å². The highest BCUT2D eigenvalue weighted by molar-refractivity contribution is 5.51. The van der Waals surface area contributed by atoms with Crippen molar-refractivity contribution < 1.29 is 9.84 Å². The normalized spacial score (nSPS) is 12.4. The molecule has 5 heteroatoms. The molecular weight excluding hydrogens is 266 g/mol. The number of anilines is 1. The second kappa shape index (κ2) is 9.22. The zero-order valence-electron chi connectivity index (χ0n) is 12.8. The second-order valence-corrected chi connectivity index (χ2v) is 5.56. The van der Waals surface area contributed by atoms with Crippen molar-refractivity contribution in [1.29, 1.82) is 5.26 Å². The van der Waals surface area contributed by atoms with E-state index in [0.29, 0.717) is 36.9 Å².